The standard InChI is InChI=1S/C24H28N4O7S.C11H16O/c1-24(2,3)21(30)20(22(31)25-17-11-10-16(26-36(33)34)12-18(17)35-4)28-19(29)14-27(23(28)32)13-15-8-6-5-7-9-15;1-3-4-9-12-11-7-5-10(2)6-8-11/h5-12,20,26H,13-14H2,1-4H3,(H,25,31)(H,33,34);5-8H,3-4,9H2,1-2H3/p-1. The number of ether oxygens (including phenoxy) is 2. The molecular weight excluding hydrogens is 636 g/mol. The summed E-state index contributed by atoms with van der Waals surface area (Å²) in [4.78, 5) is 54.9. The van der Waals surface area contributed by atoms with E-state index in [1.54, 1.807) is 45.0 Å². The van der Waals surface area contributed by atoms with Crippen molar-refractivity contribution in [2.45, 2.75) is 60.0 Å². The first kappa shape index (κ1) is 37.7. The number of methoxy groups -OCH3 is 1. The molecule has 13 heteroatoms. The molecule has 4 rings (SSSR count). The van der Waals surface area contributed by atoms with Gasteiger partial charge in [-0.2, -0.15) is 0 Å². The number of ketones is 1. The van der Waals surface area contributed by atoms with Crippen LogP contribution in [0.25, 0.3) is 0 Å². The predicted molar refractivity (Wildman–Crippen MR) is 183 cm³/mol. The lowest BCUT2D eigenvalue weighted by molar-refractivity contribution is -0.143. The summed E-state index contributed by atoms with van der Waals surface area (Å²) in [6.07, 6.45) is 2.32. The van der Waals surface area contributed by atoms with Gasteiger partial charge in [-0.05, 0) is 43.2 Å². The molecule has 1 fully saturated rings. The summed E-state index contributed by atoms with van der Waals surface area (Å²) in [5.74, 6) is -1.11. The molecule has 1 aliphatic rings. The van der Waals surface area contributed by atoms with Crippen LogP contribution < -0.4 is 19.5 Å². The molecule has 0 aromatic heterocycles. The summed E-state index contributed by atoms with van der Waals surface area (Å²) >= 11 is -2.57. The molecule has 4 amide bonds. The second-order valence-corrected chi connectivity index (χ2v) is 12.8. The van der Waals surface area contributed by atoms with E-state index in [9.17, 15) is 27.9 Å². The maximum Gasteiger partial charge on any atom is 0.328 e. The van der Waals surface area contributed by atoms with E-state index in [4.69, 9.17) is 9.47 Å². The van der Waals surface area contributed by atoms with Gasteiger partial charge in [0.15, 0.2) is 11.8 Å². The normalized spacial score (nSPS) is 14.1. The zero-order valence-electron chi connectivity index (χ0n) is 28.1. The maximum absolute atomic E-state index is 13.4. The van der Waals surface area contributed by atoms with Crippen LogP contribution in [0, 0.1) is 12.3 Å². The van der Waals surface area contributed by atoms with Crippen molar-refractivity contribution in [3.05, 3.63) is 83.9 Å². The number of imide groups is 1. The van der Waals surface area contributed by atoms with Crippen molar-refractivity contribution >= 4 is 46.3 Å². The van der Waals surface area contributed by atoms with Crippen LogP contribution >= 0.6 is 0 Å². The van der Waals surface area contributed by atoms with Gasteiger partial charge in [-0.3, -0.25) is 18.6 Å². The zero-order valence-corrected chi connectivity index (χ0v) is 28.9. The number of amides is 4. The molecule has 2 N–H and O–H groups in total. The average Bonchev–Trinajstić information content (AvgIpc) is 3.30. The number of carbonyl (C=O) groups excluding carboxylic acids is 4. The van der Waals surface area contributed by atoms with Crippen molar-refractivity contribution in [3.8, 4) is 11.5 Å². The number of nitrogens with zero attached hydrogens (tertiary/aromatic N) is 2. The van der Waals surface area contributed by atoms with Crippen LogP contribution in [0.5, 0.6) is 11.5 Å². The van der Waals surface area contributed by atoms with Gasteiger partial charge in [0.05, 0.1) is 19.4 Å². The Labute approximate surface area is 284 Å². The van der Waals surface area contributed by atoms with Gasteiger partial charge in [0.2, 0.25) is 0 Å². The molecule has 0 bridgehead atoms. The first-order valence-corrected chi connectivity index (χ1v) is 16.6. The van der Waals surface area contributed by atoms with E-state index in [1.165, 1.54) is 42.2 Å². The van der Waals surface area contributed by atoms with E-state index in [2.05, 4.69) is 36.0 Å². The smallest absolute Gasteiger partial charge is 0.328 e. The molecule has 12 nitrogen and oxygen atoms in total. The van der Waals surface area contributed by atoms with Crippen molar-refractivity contribution < 1.29 is 37.4 Å². The van der Waals surface area contributed by atoms with Gasteiger partial charge in [0, 0.05) is 35.0 Å². The number of hydrogen-bond acceptors (Lipinski definition) is 8. The van der Waals surface area contributed by atoms with E-state index in [0.717, 1.165) is 24.3 Å². The molecule has 2 atom stereocenters. The van der Waals surface area contributed by atoms with Gasteiger partial charge in [0.1, 0.15) is 18.0 Å². The third-order valence-corrected chi connectivity index (χ3v) is 7.63. The zero-order chi connectivity index (χ0) is 35.4. The highest BCUT2D eigenvalue weighted by molar-refractivity contribution is 7.80. The van der Waals surface area contributed by atoms with Gasteiger partial charge < -0.3 is 29.0 Å². The lowest BCUT2D eigenvalue weighted by atomic mass is 9.85. The number of unbranched alkanes of at least 4 members (excludes halogenated alkanes) is 1. The number of nitrogens with one attached hydrogen (secondary N) is 2. The predicted octanol–water partition coefficient (Wildman–Crippen LogP) is 5.46. The highest BCUT2D eigenvalue weighted by Gasteiger charge is 2.49. The van der Waals surface area contributed by atoms with Crippen LogP contribution in [0.4, 0.5) is 16.2 Å². The van der Waals surface area contributed by atoms with Crippen LogP contribution in [0.3, 0.4) is 0 Å². The van der Waals surface area contributed by atoms with E-state index in [0.29, 0.717) is 4.90 Å². The van der Waals surface area contributed by atoms with Gasteiger partial charge >= 0.3 is 6.03 Å². The SMILES string of the molecule is CCCCOc1ccc(C)cc1.COc1cc(NS(=O)[O-])ccc1NC(=O)C(C(=O)C(C)(C)C)N1C(=O)CN(Cc2ccccc2)C1=O. The third kappa shape index (κ3) is 10.6. The number of aryl methyl sites for hydroxylation is 1. The molecule has 2 unspecified atom stereocenters. The quantitative estimate of drug-likeness (QED) is 0.104. The summed E-state index contributed by atoms with van der Waals surface area (Å²) in [6.45, 7) is 9.72. The number of hydrogen-bond donors (Lipinski definition) is 2. The molecule has 0 spiro atoms. The number of anilines is 2. The van der Waals surface area contributed by atoms with Gasteiger partial charge in [0.25, 0.3) is 11.8 Å². The highest BCUT2D eigenvalue weighted by Crippen LogP contribution is 2.30. The van der Waals surface area contributed by atoms with Crippen LogP contribution in [0.15, 0.2) is 72.8 Å². The summed E-state index contributed by atoms with van der Waals surface area (Å²) in [5.41, 5.74) is 1.32. The van der Waals surface area contributed by atoms with Gasteiger partial charge in [-0.15, -0.1) is 0 Å². The van der Waals surface area contributed by atoms with Gasteiger partial charge in [-0.25, -0.2) is 9.69 Å². The van der Waals surface area contributed by atoms with E-state index >= 15 is 0 Å². The van der Waals surface area contributed by atoms with E-state index in [1.807, 2.05) is 18.2 Å². The fourth-order valence-corrected chi connectivity index (χ4v) is 4.96. The largest absolute Gasteiger partial charge is 0.755 e. The minimum Gasteiger partial charge on any atom is -0.755 e. The van der Waals surface area contributed by atoms with Crippen LogP contribution in [-0.2, 0) is 32.2 Å². The second-order valence-electron chi connectivity index (χ2n) is 12.2. The van der Waals surface area contributed by atoms with Crippen LogP contribution in [0.2, 0.25) is 0 Å². The Morgan fingerprint density at radius 2 is 1.69 bits per heavy atom. The fourth-order valence-electron chi connectivity index (χ4n) is 4.64. The number of benzene rings is 3. The average molecular weight is 680 g/mol. The molecule has 0 aliphatic carbocycles. The van der Waals surface area contributed by atoms with Crippen molar-refractivity contribution in [1.29, 1.82) is 0 Å². The van der Waals surface area contributed by atoms with Gasteiger partial charge in [-0.1, -0.05) is 82.1 Å². The van der Waals surface area contributed by atoms with Crippen LogP contribution in [-0.4, -0.2) is 68.5 Å². The second kappa shape index (κ2) is 17.4. The third-order valence-electron chi connectivity index (χ3n) is 7.23. The Morgan fingerprint density at radius 1 is 1.02 bits per heavy atom. The molecule has 0 saturated carbocycles. The molecule has 48 heavy (non-hydrogen) atoms. The summed E-state index contributed by atoms with van der Waals surface area (Å²) in [6, 6.07) is 18.8. The molecule has 3 aromatic carbocycles. The van der Waals surface area contributed by atoms with Crippen molar-refractivity contribution in [2.24, 2.45) is 5.41 Å². The molecule has 1 heterocycles. The summed E-state index contributed by atoms with van der Waals surface area (Å²) in [7, 11) is 1.32. The Morgan fingerprint density at radius 3 is 2.27 bits per heavy atom. The van der Waals surface area contributed by atoms with Crippen molar-refractivity contribution in [3.63, 3.8) is 0 Å². The molecule has 258 valence electrons. The minimum absolute atomic E-state index is 0.102. The Kier molecular flexibility index (Phi) is 13.7. The number of rotatable bonds is 13. The number of urea groups is 1. The molecular formula is C35H43N4O8S-. The van der Waals surface area contributed by atoms with Crippen molar-refractivity contribution in [2.75, 3.05) is 30.3 Å². The summed E-state index contributed by atoms with van der Waals surface area (Å²) in [5, 5.41) is 2.55. The topological polar surface area (TPSA) is 157 Å². The van der Waals surface area contributed by atoms with Crippen LogP contribution in [0.1, 0.15) is 51.7 Å². The molecule has 0 radical (unpaired) electrons. The first-order chi connectivity index (χ1) is 22.7. The maximum atomic E-state index is 13.4. The number of Topliss-reactive ketones (excluding diaryl/α,β-unsaturated/α-hetero) is 1. The number of carbonyl (C=O) groups is 4. The van der Waals surface area contributed by atoms with Crippen molar-refractivity contribution in [1.82, 2.24) is 9.80 Å². The summed E-state index contributed by atoms with van der Waals surface area (Å²) < 4.78 is 34.7. The lowest BCUT2D eigenvalue weighted by Gasteiger charge is -2.29. The molecule has 1 aliphatic heterocycles. The first-order valence-electron chi connectivity index (χ1n) is 15.5. The Bertz CT molecular complexity index is 1590. The van der Waals surface area contributed by atoms with E-state index in [-0.39, 0.29) is 30.2 Å². The molecule has 1 saturated heterocycles. The lowest BCUT2D eigenvalue weighted by Crippen LogP contribution is -2.55. The fraction of sp³-hybridized carbons (Fsp3) is 0.371. The monoisotopic (exact) mass is 679 g/mol. The van der Waals surface area contributed by atoms with E-state index < -0.39 is 46.4 Å². The Balaban J connectivity index is 0.000000437. The highest BCUT2D eigenvalue weighted by atomic mass is 32.2. The molecule has 3 aromatic rings. The minimum atomic E-state index is -2.57. The Hall–Kier alpha value is -4.75.